The van der Waals surface area contributed by atoms with Gasteiger partial charge in [-0.2, -0.15) is 0 Å². The van der Waals surface area contributed by atoms with Crippen LogP contribution in [0.5, 0.6) is 0 Å². The summed E-state index contributed by atoms with van der Waals surface area (Å²) >= 11 is 11.7. The molecule has 0 aliphatic rings. The maximum Gasteiger partial charge on any atom is 0.130 e. The van der Waals surface area contributed by atoms with Gasteiger partial charge < -0.3 is 5.11 Å². The van der Waals surface area contributed by atoms with Crippen LogP contribution < -0.4 is 0 Å². The number of hydrogen-bond donors (Lipinski definition) is 1. The summed E-state index contributed by atoms with van der Waals surface area (Å²) < 4.78 is 0. The first-order valence-electron chi connectivity index (χ1n) is 4.72. The number of nitrogens with zero attached hydrogens (tertiary/aromatic N) is 1. The van der Waals surface area contributed by atoms with Crippen LogP contribution in [0.1, 0.15) is 17.2 Å². The molecule has 1 aromatic heterocycles. The molecular weight excluding hydrogens is 245 g/mol. The van der Waals surface area contributed by atoms with E-state index in [0.29, 0.717) is 15.7 Å². The monoisotopic (exact) mass is 253 g/mol. The third-order valence-electron chi connectivity index (χ3n) is 2.26. The summed E-state index contributed by atoms with van der Waals surface area (Å²) in [6.07, 6.45) is 0.709. The van der Waals surface area contributed by atoms with E-state index in [-0.39, 0.29) is 0 Å². The van der Waals surface area contributed by atoms with Crippen molar-refractivity contribution in [2.24, 2.45) is 0 Å². The van der Waals surface area contributed by atoms with Crippen LogP contribution in [-0.4, -0.2) is 10.1 Å². The Hall–Kier alpha value is -1.09. The van der Waals surface area contributed by atoms with E-state index in [2.05, 4.69) is 4.98 Å². The summed E-state index contributed by atoms with van der Waals surface area (Å²) in [7, 11) is 0. The highest BCUT2D eigenvalue weighted by atomic mass is 35.5. The molecule has 1 heterocycles. The quantitative estimate of drug-likeness (QED) is 0.832. The van der Waals surface area contributed by atoms with Crippen LogP contribution in [0.3, 0.4) is 0 Å². The molecule has 1 N–H and O–H groups in total. The Bertz CT molecular complexity index is 488. The van der Waals surface area contributed by atoms with Crippen molar-refractivity contribution in [1.82, 2.24) is 4.98 Å². The van der Waals surface area contributed by atoms with E-state index in [1.807, 2.05) is 30.3 Å². The number of aliphatic hydroxyl groups excluding tert-OH is 1. The zero-order valence-corrected chi connectivity index (χ0v) is 9.78. The molecule has 0 spiro atoms. The van der Waals surface area contributed by atoms with Gasteiger partial charge in [-0.05, 0) is 11.6 Å². The highest BCUT2D eigenvalue weighted by Gasteiger charge is 2.14. The smallest absolute Gasteiger partial charge is 0.130 e. The Morgan fingerprint density at radius 2 is 1.81 bits per heavy atom. The van der Waals surface area contributed by atoms with Gasteiger partial charge in [0.1, 0.15) is 11.3 Å². The van der Waals surface area contributed by atoms with Crippen molar-refractivity contribution >= 4 is 23.2 Å². The SMILES string of the molecule is OC(c1ccccc1)c1cnc(Cl)cc1Cl. The van der Waals surface area contributed by atoms with Crippen LogP contribution in [0, 0.1) is 0 Å². The fourth-order valence-electron chi connectivity index (χ4n) is 1.43. The van der Waals surface area contributed by atoms with E-state index >= 15 is 0 Å². The number of hydrogen-bond acceptors (Lipinski definition) is 2. The maximum atomic E-state index is 10.1. The minimum atomic E-state index is -0.779. The molecule has 2 nitrogen and oxygen atoms in total. The van der Waals surface area contributed by atoms with Gasteiger partial charge in [0.05, 0.1) is 5.02 Å². The summed E-state index contributed by atoms with van der Waals surface area (Å²) in [5.74, 6) is 0. The average Bonchev–Trinajstić information content (AvgIpc) is 2.29. The largest absolute Gasteiger partial charge is 0.384 e. The minimum absolute atomic E-state index is 0.314. The molecule has 82 valence electrons. The molecule has 0 fully saturated rings. The normalized spacial score (nSPS) is 12.4. The van der Waals surface area contributed by atoms with Gasteiger partial charge in [-0.15, -0.1) is 0 Å². The maximum absolute atomic E-state index is 10.1. The summed E-state index contributed by atoms with van der Waals surface area (Å²) in [6, 6.07) is 10.8. The third-order valence-corrected chi connectivity index (χ3v) is 2.79. The molecule has 16 heavy (non-hydrogen) atoms. The average molecular weight is 254 g/mol. The number of aliphatic hydroxyl groups is 1. The first kappa shape index (κ1) is 11.4. The summed E-state index contributed by atoms with van der Waals surface area (Å²) in [6.45, 7) is 0. The van der Waals surface area contributed by atoms with Gasteiger partial charge in [0.25, 0.3) is 0 Å². The van der Waals surface area contributed by atoms with Crippen molar-refractivity contribution in [3.8, 4) is 0 Å². The molecule has 4 heteroatoms. The van der Waals surface area contributed by atoms with E-state index in [9.17, 15) is 5.11 Å². The Labute approximate surface area is 103 Å². The molecule has 0 radical (unpaired) electrons. The van der Waals surface area contributed by atoms with Crippen LogP contribution in [0.15, 0.2) is 42.6 Å². The fourth-order valence-corrected chi connectivity index (χ4v) is 1.90. The number of benzene rings is 1. The lowest BCUT2D eigenvalue weighted by Gasteiger charge is -2.12. The molecular formula is C12H9Cl2NO. The Morgan fingerprint density at radius 3 is 2.44 bits per heavy atom. The second-order valence-electron chi connectivity index (χ2n) is 3.34. The second-order valence-corrected chi connectivity index (χ2v) is 4.14. The van der Waals surface area contributed by atoms with Crippen LogP contribution in [0.25, 0.3) is 0 Å². The molecule has 1 unspecified atom stereocenters. The number of rotatable bonds is 2. The predicted molar refractivity (Wildman–Crippen MR) is 64.8 cm³/mol. The van der Waals surface area contributed by atoms with Gasteiger partial charge in [0.2, 0.25) is 0 Å². The lowest BCUT2D eigenvalue weighted by Crippen LogP contribution is -2.01. The van der Waals surface area contributed by atoms with E-state index in [0.717, 1.165) is 5.56 Å². The molecule has 1 atom stereocenters. The van der Waals surface area contributed by atoms with Crippen molar-refractivity contribution in [3.05, 3.63) is 63.9 Å². The molecule has 0 bridgehead atoms. The first-order chi connectivity index (χ1) is 7.68. The standard InChI is InChI=1S/C12H9Cl2NO/c13-10-6-11(14)15-7-9(10)12(16)8-4-2-1-3-5-8/h1-7,12,16H. The number of aromatic nitrogens is 1. The van der Waals surface area contributed by atoms with Gasteiger partial charge in [0.15, 0.2) is 0 Å². The second kappa shape index (κ2) is 4.83. The lowest BCUT2D eigenvalue weighted by atomic mass is 10.0. The highest BCUT2D eigenvalue weighted by Crippen LogP contribution is 2.28. The van der Waals surface area contributed by atoms with E-state index in [1.54, 1.807) is 0 Å². The van der Waals surface area contributed by atoms with Crippen molar-refractivity contribution in [1.29, 1.82) is 0 Å². The van der Waals surface area contributed by atoms with Gasteiger partial charge in [-0.25, -0.2) is 4.98 Å². The van der Waals surface area contributed by atoms with Crippen LogP contribution >= 0.6 is 23.2 Å². The lowest BCUT2D eigenvalue weighted by molar-refractivity contribution is 0.220. The van der Waals surface area contributed by atoms with Crippen LogP contribution in [0.2, 0.25) is 10.2 Å². The van der Waals surface area contributed by atoms with Crippen molar-refractivity contribution in [3.63, 3.8) is 0 Å². The molecule has 0 saturated heterocycles. The molecule has 1 aromatic carbocycles. The minimum Gasteiger partial charge on any atom is -0.384 e. The number of pyridine rings is 1. The molecule has 0 amide bonds. The summed E-state index contributed by atoms with van der Waals surface area (Å²) in [5, 5.41) is 10.8. The highest BCUT2D eigenvalue weighted by molar-refractivity contribution is 6.34. The molecule has 2 rings (SSSR count). The van der Waals surface area contributed by atoms with Gasteiger partial charge in [-0.3, -0.25) is 0 Å². The Kier molecular flexibility index (Phi) is 3.44. The van der Waals surface area contributed by atoms with E-state index in [1.165, 1.54) is 12.3 Å². The zero-order chi connectivity index (χ0) is 11.5. The Morgan fingerprint density at radius 1 is 1.12 bits per heavy atom. The van der Waals surface area contributed by atoms with Gasteiger partial charge >= 0.3 is 0 Å². The molecule has 0 saturated carbocycles. The van der Waals surface area contributed by atoms with Crippen LogP contribution in [-0.2, 0) is 0 Å². The van der Waals surface area contributed by atoms with Crippen LogP contribution in [0.4, 0.5) is 0 Å². The zero-order valence-electron chi connectivity index (χ0n) is 8.27. The van der Waals surface area contributed by atoms with Crippen molar-refractivity contribution in [2.45, 2.75) is 6.10 Å². The summed E-state index contributed by atoms with van der Waals surface area (Å²) in [5.41, 5.74) is 1.32. The first-order valence-corrected chi connectivity index (χ1v) is 5.48. The van der Waals surface area contributed by atoms with Gasteiger partial charge in [-0.1, -0.05) is 53.5 Å². The predicted octanol–water partition coefficient (Wildman–Crippen LogP) is 3.47. The number of halogens is 2. The molecule has 0 aliphatic carbocycles. The van der Waals surface area contributed by atoms with E-state index < -0.39 is 6.10 Å². The topological polar surface area (TPSA) is 33.1 Å². The third kappa shape index (κ3) is 2.35. The van der Waals surface area contributed by atoms with Crippen molar-refractivity contribution in [2.75, 3.05) is 0 Å². The van der Waals surface area contributed by atoms with Crippen molar-refractivity contribution < 1.29 is 5.11 Å². The fraction of sp³-hybridized carbons (Fsp3) is 0.0833. The molecule has 0 aliphatic heterocycles. The Balaban J connectivity index is 2.38. The summed E-state index contributed by atoms with van der Waals surface area (Å²) in [4.78, 5) is 3.91. The van der Waals surface area contributed by atoms with E-state index in [4.69, 9.17) is 23.2 Å². The van der Waals surface area contributed by atoms with Gasteiger partial charge in [0, 0.05) is 11.8 Å². The molecule has 2 aromatic rings.